The van der Waals surface area contributed by atoms with Crippen LogP contribution in [0.5, 0.6) is 40.2 Å². The Balaban J connectivity index is 1.65. The van der Waals surface area contributed by atoms with Gasteiger partial charge in [-0.1, -0.05) is 47.6 Å². The Morgan fingerprint density at radius 1 is 0.488 bits per heavy atom. The van der Waals surface area contributed by atoms with E-state index in [1.807, 2.05) is 41.5 Å². The number of hydrogen-bond acceptors (Lipinski definition) is 18. The second-order valence-electron chi connectivity index (χ2n) is 24.5. The fourth-order valence-corrected chi connectivity index (χ4v) is 9.39. The van der Waals surface area contributed by atoms with E-state index in [1.54, 1.807) is 97.2 Å². The summed E-state index contributed by atoms with van der Waals surface area (Å²) in [6.07, 6.45) is -0.329. The molecule has 3 heterocycles. The third-order valence-electron chi connectivity index (χ3n) is 12.6. The molecule has 3 aromatic carbocycles. The summed E-state index contributed by atoms with van der Waals surface area (Å²) in [6.45, 7) is 26.6. The predicted molar refractivity (Wildman–Crippen MR) is 315 cm³/mol. The molecule has 0 spiro atoms. The minimum Gasteiger partial charge on any atom is -0.493 e. The monoisotopic (exact) mass is 1170 g/mol. The molecule has 0 radical (unpaired) electrons. The molecule has 0 aliphatic heterocycles. The Hall–Kier alpha value is -8.43. The zero-order chi connectivity index (χ0) is 62.5. The molecule has 6 aromatic rings. The van der Waals surface area contributed by atoms with E-state index in [4.69, 9.17) is 51.8 Å². The number of alkyl carbamates (subject to hydrolysis) is 3. The highest BCUT2D eigenvalue weighted by Crippen LogP contribution is 2.50. The van der Waals surface area contributed by atoms with E-state index < -0.39 is 76.7 Å². The largest absolute Gasteiger partial charge is 0.493 e. The van der Waals surface area contributed by atoms with Gasteiger partial charge < -0.3 is 72.1 Å². The molecule has 22 nitrogen and oxygen atoms in total. The van der Waals surface area contributed by atoms with Crippen molar-refractivity contribution in [3.05, 3.63) is 59.1 Å². The Bertz CT molecular complexity index is 3520. The summed E-state index contributed by atoms with van der Waals surface area (Å²) >= 11 is 0. The molecule has 3 N–H and O–H groups in total. The number of amides is 3. The van der Waals surface area contributed by atoms with Gasteiger partial charge in [0.05, 0.1) is 34.0 Å². The third-order valence-corrected chi connectivity index (χ3v) is 12.6. The number of carbonyl (C=O) groups is 6. The maximum Gasteiger partial charge on any atom is 0.408 e. The highest BCUT2D eigenvalue weighted by Gasteiger charge is 2.34. The molecular weight excluding hydrogens is 1090 g/mol. The summed E-state index contributed by atoms with van der Waals surface area (Å²) in [7, 11) is 5.51. The third kappa shape index (κ3) is 15.8. The molecule has 3 atom stereocenters. The molecule has 0 saturated carbocycles. The van der Waals surface area contributed by atoms with Crippen molar-refractivity contribution in [2.75, 3.05) is 28.4 Å². The van der Waals surface area contributed by atoms with Crippen LogP contribution in [0.25, 0.3) is 49.3 Å². The van der Waals surface area contributed by atoms with Gasteiger partial charge >= 0.3 is 41.8 Å². The van der Waals surface area contributed by atoms with Crippen LogP contribution in [0.15, 0.2) is 57.9 Å². The normalized spacial score (nSPS) is 13.1. The van der Waals surface area contributed by atoms with Gasteiger partial charge in [-0.3, -0.25) is 0 Å². The van der Waals surface area contributed by atoms with E-state index >= 15 is 0 Å². The van der Waals surface area contributed by atoms with Gasteiger partial charge in [-0.2, -0.15) is 0 Å². The maximum absolute atomic E-state index is 14.8. The fraction of sp³-hybridized carbons (Fsp3) is 0.500. The van der Waals surface area contributed by atoms with Crippen molar-refractivity contribution in [2.24, 2.45) is 17.8 Å². The van der Waals surface area contributed by atoms with Crippen molar-refractivity contribution >= 4 is 74.3 Å². The predicted octanol–water partition coefficient (Wildman–Crippen LogP) is 11.6. The van der Waals surface area contributed by atoms with Gasteiger partial charge in [0, 0.05) is 39.4 Å². The standard InChI is InChI=1S/C62H80N4O18/c1-31(2)24-38(63-57(71)82-60(7,8)9)53(67)78-41-21-20-34(27-43(41)74-16)47-48-37-29-44(75-17)45(80-54(68)39(25-32(3)4)64-58(72)83-61(10,11)12)30-42(37)79-56(70)50(48)66-23-22-35-36(49(47)66)28-46(76-18)52(77-19)51(35)81-55(69)40(26-33(5)6)65-59(73)84-62(13,14)15/h20-23,27-33,38-40H,24-26H2,1-19H3,(H,63,71)(H,64,72)(H,65,73)/t38?,39-,40-/m0/s1. The van der Waals surface area contributed by atoms with Crippen LogP contribution in [-0.2, 0) is 28.6 Å². The number of esters is 3. The Labute approximate surface area is 488 Å². The number of methoxy groups -OCH3 is 4. The van der Waals surface area contributed by atoms with Crippen LogP contribution in [0, 0.1) is 17.8 Å². The van der Waals surface area contributed by atoms with Crippen LogP contribution >= 0.6 is 0 Å². The van der Waals surface area contributed by atoms with Gasteiger partial charge in [0.1, 0.15) is 46.0 Å². The molecule has 0 bridgehead atoms. The lowest BCUT2D eigenvalue weighted by molar-refractivity contribution is -0.138. The molecular formula is C62H80N4O18. The lowest BCUT2D eigenvalue weighted by Crippen LogP contribution is -2.45. The first-order valence-electron chi connectivity index (χ1n) is 27.7. The SMILES string of the molecule is COc1cc(-c2c3c4cc(OC)c(OC(=O)[C@H](CC(C)C)NC(=O)OC(C)(C)C)cc4oc(=O)c3n3ccc4c(OC(=O)[C@H](CC(C)C)NC(=O)OC(C)(C)C)c(OC)c(OC)cc4c23)ccc1OC(=O)C(CC(C)C)NC(=O)OC(C)(C)C. The topological polar surface area (TPSA) is 265 Å². The van der Waals surface area contributed by atoms with Crippen molar-refractivity contribution in [2.45, 2.75) is 158 Å². The van der Waals surface area contributed by atoms with Gasteiger partial charge in [-0.25, -0.2) is 33.6 Å². The number of benzene rings is 3. The number of fused-ring (bicyclic) bond motifs is 7. The molecule has 22 heteroatoms. The van der Waals surface area contributed by atoms with Crippen LogP contribution in [0.2, 0.25) is 0 Å². The average Bonchev–Trinajstić information content (AvgIpc) is 2.33. The molecule has 0 saturated heterocycles. The molecule has 456 valence electrons. The van der Waals surface area contributed by atoms with Gasteiger partial charge in [-0.15, -0.1) is 0 Å². The minimum atomic E-state index is -1.19. The highest BCUT2D eigenvalue weighted by molar-refractivity contribution is 6.22. The number of hydrogen-bond donors (Lipinski definition) is 3. The van der Waals surface area contributed by atoms with Gasteiger partial charge in [-0.05, 0) is 135 Å². The Morgan fingerprint density at radius 3 is 1.37 bits per heavy atom. The van der Waals surface area contributed by atoms with E-state index in [0.29, 0.717) is 27.4 Å². The molecule has 1 unspecified atom stereocenters. The Kier molecular flexibility index (Phi) is 20.0. The average molecular weight is 1170 g/mol. The summed E-state index contributed by atoms with van der Waals surface area (Å²) in [5.41, 5.74) is -2.38. The summed E-state index contributed by atoms with van der Waals surface area (Å²) in [5, 5.41) is 9.13. The smallest absolute Gasteiger partial charge is 0.408 e. The number of ether oxygens (including phenoxy) is 10. The van der Waals surface area contributed by atoms with Crippen molar-refractivity contribution < 1.29 is 80.6 Å². The number of nitrogens with zero attached hydrogens (tertiary/aromatic N) is 1. The minimum absolute atomic E-state index is 0.0188. The van der Waals surface area contributed by atoms with Crippen molar-refractivity contribution in [1.29, 1.82) is 0 Å². The summed E-state index contributed by atoms with van der Waals surface area (Å²) < 4.78 is 66.0. The van der Waals surface area contributed by atoms with Crippen LogP contribution in [0.4, 0.5) is 14.4 Å². The van der Waals surface area contributed by atoms with E-state index in [2.05, 4.69) is 16.0 Å². The number of nitrogens with one attached hydrogen (secondary N) is 3. The molecule has 3 amide bonds. The van der Waals surface area contributed by atoms with Gasteiger partial charge in [0.2, 0.25) is 5.75 Å². The number of carbonyl (C=O) groups excluding carboxylic acids is 6. The number of pyridine rings is 1. The molecule has 84 heavy (non-hydrogen) atoms. The molecule has 3 aromatic heterocycles. The van der Waals surface area contributed by atoms with E-state index in [1.165, 1.54) is 46.6 Å². The fourth-order valence-electron chi connectivity index (χ4n) is 9.39. The molecule has 6 rings (SSSR count). The first-order valence-corrected chi connectivity index (χ1v) is 27.7. The molecule has 0 fully saturated rings. The first kappa shape index (κ1) is 64.7. The van der Waals surface area contributed by atoms with Crippen LogP contribution in [0.1, 0.15) is 123 Å². The quantitative estimate of drug-likeness (QED) is 0.0277. The van der Waals surface area contributed by atoms with E-state index in [-0.39, 0.29) is 99.1 Å². The van der Waals surface area contributed by atoms with Crippen molar-refractivity contribution in [3.8, 4) is 51.4 Å². The first-order chi connectivity index (χ1) is 39.1. The number of rotatable bonds is 20. The van der Waals surface area contributed by atoms with Gasteiger partial charge in [0.25, 0.3) is 0 Å². The van der Waals surface area contributed by atoms with Crippen LogP contribution in [0.3, 0.4) is 0 Å². The van der Waals surface area contributed by atoms with Gasteiger partial charge in [0.15, 0.2) is 34.5 Å². The Morgan fingerprint density at radius 2 is 0.929 bits per heavy atom. The van der Waals surface area contributed by atoms with Crippen LogP contribution in [-0.4, -0.2) is 104 Å². The van der Waals surface area contributed by atoms with Crippen LogP contribution < -0.4 is 54.7 Å². The van der Waals surface area contributed by atoms with Crippen molar-refractivity contribution in [1.82, 2.24) is 20.4 Å². The van der Waals surface area contributed by atoms with E-state index in [9.17, 15) is 33.6 Å². The summed E-state index contributed by atoms with van der Waals surface area (Å²) in [6, 6.07) is 7.40. The van der Waals surface area contributed by atoms with Crippen molar-refractivity contribution in [3.63, 3.8) is 0 Å². The summed E-state index contributed by atoms with van der Waals surface area (Å²) in [5.74, 6) is -2.73. The lowest BCUT2D eigenvalue weighted by Gasteiger charge is -2.24. The highest BCUT2D eigenvalue weighted by atomic mass is 16.6. The maximum atomic E-state index is 14.8. The van der Waals surface area contributed by atoms with E-state index in [0.717, 1.165) is 0 Å². The lowest BCUT2D eigenvalue weighted by atomic mass is 9.97. The molecule has 0 aliphatic rings. The second kappa shape index (κ2) is 26.0. The number of aromatic nitrogens is 1. The molecule has 0 aliphatic carbocycles. The zero-order valence-corrected chi connectivity index (χ0v) is 51.5. The summed E-state index contributed by atoms with van der Waals surface area (Å²) in [4.78, 5) is 96.4. The zero-order valence-electron chi connectivity index (χ0n) is 51.5. The second-order valence-corrected chi connectivity index (χ2v) is 24.5.